The molecule has 102 valence electrons. The number of nitrogens with one attached hydrogen (secondary N) is 2. The third-order valence-electron chi connectivity index (χ3n) is 3.07. The van der Waals surface area contributed by atoms with Crippen molar-refractivity contribution in [1.29, 1.82) is 0 Å². The number of amides is 1. The molecule has 19 heavy (non-hydrogen) atoms. The lowest BCUT2D eigenvalue weighted by atomic mass is 10.1. The standard InChI is InChI=1S/C12H11Cl3N2OS/c1-11(6-12(11,14)15)9(18)17-10(19)16-8-4-2-3-7(13)5-8/h2-5H,6H2,1H3,(H2,16,17,18,19). The van der Waals surface area contributed by atoms with Gasteiger partial charge in [-0.2, -0.15) is 0 Å². The van der Waals surface area contributed by atoms with Crippen LogP contribution >= 0.6 is 47.0 Å². The molecule has 1 fully saturated rings. The maximum Gasteiger partial charge on any atom is 0.235 e. The first-order valence-electron chi connectivity index (χ1n) is 5.50. The molecule has 1 amide bonds. The van der Waals surface area contributed by atoms with Gasteiger partial charge in [-0.25, -0.2) is 0 Å². The van der Waals surface area contributed by atoms with Crippen molar-refractivity contribution in [2.24, 2.45) is 5.41 Å². The quantitative estimate of drug-likeness (QED) is 0.638. The highest BCUT2D eigenvalue weighted by Gasteiger charge is 2.68. The molecule has 1 aliphatic carbocycles. The zero-order valence-electron chi connectivity index (χ0n) is 9.97. The number of hydrogen-bond donors (Lipinski definition) is 2. The van der Waals surface area contributed by atoms with Crippen LogP contribution in [0, 0.1) is 5.41 Å². The number of halogens is 3. The fraction of sp³-hybridized carbons (Fsp3) is 0.333. The van der Waals surface area contributed by atoms with Gasteiger partial charge in [0.1, 0.15) is 4.33 Å². The number of rotatable bonds is 2. The number of carbonyl (C=O) groups is 1. The van der Waals surface area contributed by atoms with Crippen molar-refractivity contribution in [1.82, 2.24) is 5.32 Å². The summed E-state index contributed by atoms with van der Waals surface area (Å²) >= 11 is 22.8. The number of anilines is 1. The average molecular weight is 338 g/mol. The molecule has 1 aromatic rings. The van der Waals surface area contributed by atoms with Gasteiger partial charge in [0.25, 0.3) is 0 Å². The molecule has 3 nitrogen and oxygen atoms in total. The number of alkyl halides is 2. The van der Waals surface area contributed by atoms with Crippen LogP contribution in [-0.4, -0.2) is 15.4 Å². The van der Waals surface area contributed by atoms with E-state index < -0.39 is 9.75 Å². The van der Waals surface area contributed by atoms with Crippen LogP contribution in [0.5, 0.6) is 0 Å². The Morgan fingerprint density at radius 3 is 2.58 bits per heavy atom. The van der Waals surface area contributed by atoms with Crippen molar-refractivity contribution in [2.75, 3.05) is 5.32 Å². The second-order valence-electron chi connectivity index (χ2n) is 4.63. The number of thiocarbonyl (C=S) groups is 1. The molecule has 0 bridgehead atoms. The predicted molar refractivity (Wildman–Crippen MR) is 83.0 cm³/mol. The number of carbonyl (C=O) groups excluding carboxylic acids is 1. The van der Waals surface area contributed by atoms with E-state index in [9.17, 15) is 4.79 Å². The lowest BCUT2D eigenvalue weighted by Crippen LogP contribution is -2.40. The Kier molecular flexibility index (Phi) is 3.98. The van der Waals surface area contributed by atoms with Crippen molar-refractivity contribution >= 4 is 63.7 Å². The molecule has 0 spiro atoms. The van der Waals surface area contributed by atoms with E-state index in [4.69, 9.17) is 47.0 Å². The number of hydrogen-bond acceptors (Lipinski definition) is 2. The third-order valence-corrected chi connectivity index (χ3v) is 4.61. The maximum atomic E-state index is 12.0. The molecule has 0 aromatic heterocycles. The van der Waals surface area contributed by atoms with Crippen molar-refractivity contribution in [3.8, 4) is 0 Å². The molecule has 1 aliphatic rings. The maximum absolute atomic E-state index is 12.0. The van der Waals surface area contributed by atoms with Gasteiger partial charge in [0.2, 0.25) is 5.91 Å². The van der Waals surface area contributed by atoms with E-state index in [0.29, 0.717) is 17.1 Å². The Labute approximate surface area is 131 Å². The Morgan fingerprint density at radius 2 is 2.05 bits per heavy atom. The van der Waals surface area contributed by atoms with Crippen LogP contribution in [0.1, 0.15) is 13.3 Å². The molecule has 0 heterocycles. The van der Waals surface area contributed by atoms with Crippen LogP contribution in [0.25, 0.3) is 0 Å². The summed E-state index contributed by atoms with van der Waals surface area (Å²) in [6.07, 6.45) is 0.411. The van der Waals surface area contributed by atoms with E-state index in [1.807, 2.05) is 0 Å². The second kappa shape index (κ2) is 5.09. The highest BCUT2D eigenvalue weighted by molar-refractivity contribution is 7.80. The van der Waals surface area contributed by atoms with Gasteiger partial charge in [0.15, 0.2) is 5.11 Å². The minimum absolute atomic E-state index is 0.185. The Hall–Kier alpha value is -0.550. The van der Waals surface area contributed by atoms with Crippen LogP contribution in [-0.2, 0) is 4.79 Å². The van der Waals surface area contributed by atoms with E-state index in [-0.39, 0.29) is 11.0 Å². The fourth-order valence-corrected chi connectivity index (χ4v) is 2.72. The molecular formula is C12H11Cl3N2OS. The zero-order valence-corrected chi connectivity index (χ0v) is 13.1. The third kappa shape index (κ3) is 3.14. The number of benzene rings is 1. The fourth-order valence-electron chi connectivity index (χ4n) is 1.62. The molecule has 0 saturated heterocycles. The molecule has 2 N–H and O–H groups in total. The van der Waals surface area contributed by atoms with Gasteiger partial charge in [-0.05, 0) is 43.8 Å². The van der Waals surface area contributed by atoms with Crippen molar-refractivity contribution in [2.45, 2.75) is 17.7 Å². The van der Waals surface area contributed by atoms with Gasteiger partial charge in [0.05, 0.1) is 5.41 Å². The first-order valence-corrected chi connectivity index (χ1v) is 7.05. The van der Waals surface area contributed by atoms with Gasteiger partial charge in [-0.3, -0.25) is 4.79 Å². The van der Waals surface area contributed by atoms with Crippen LogP contribution in [0.15, 0.2) is 24.3 Å². The minimum atomic E-state index is -1.01. The van der Waals surface area contributed by atoms with Crippen LogP contribution in [0.4, 0.5) is 5.69 Å². The largest absolute Gasteiger partial charge is 0.332 e. The SMILES string of the molecule is CC1(C(=O)NC(=S)Nc2cccc(Cl)c2)CC1(Cl)Cl. The molecule has 1 atom stereocenters. The minimum Gasteiger partial charge on any atom is -0.332 e. The normalized spacial score (nSPS) is 23.6. The smallest absolute Gasteiger partial charge is 0.235 e. The lowest BCUT2D eigenvalue weighted by Gasteiger charge is -2.14. The van der Waals surface area contributed by atoms with Crippen molar-refractivity contribution in [3.63, 3.8) is 0 Å². The Bertz CT molecular complexity index is 550. The molecular weight excluding hydrogens is 327 g/mol. The van der Waals surface area contributed by atoms with Gasteiger partial charge >= 0.3 is 0 Å². The van der Waals surface area contributed by atoms with Crippen LogP contribution < -0.4 is 10.6 Å². The summed E-state index contributed by atoms with van der Waals surface area (Å²) in [6, 6.07) is 7.01. The van der Waals surface area contributed by atoms with E-state index in [1.54, 1.807) is 31.2 Å². The lowest BCUT2D eigenvalue weighted by molar-refractivity contribution is -0.124. The second-order valence-corrected chi connectivity index (χ2v) is 6.96. The summed E-state index contributed by atoms with van der Waals surface area (Å²) in [6.45, 7) is 1.70. The Morgan fingerprint density at radius 1 is 1.42 bits per heavy atom. The predicted octanol–water partition coefficient (Wildman–Crippen LogP) is 3.74. The van der Waals surface area contributed by atoms with Crippen molar-refractivity contribution in [3.05, 3.63) is 29.3 Å². The highest BCUT2D eigenvalue weighted by Crippen LogP contribution is 2.63. The van der Waals surface area contributed by atoms with E-state index in [0.717, 1.165) is 0 Å². The van der Waals surface area contributed by atoms with E-state index in [1.165, 1.54) is 0 Å². The van der Waals surface area contributed by atoms with E-state index >= 15 is 0 Å². The topological polar surface area (TPSA) is 41.1 Å². The molecule has 1 saturated carbocycles. The monoisotopic (exact) mass is 336 g/mol. The summed E-state index contributed by atoms with van der Waals surface area (Å²) in [4.78, 5) is 12.0. The molecule has 1 aromatic carbocycles. The van der Waals surface area contributed by atoms with Gasteiger partial charge in [-0.15, -0.1) is 23.2 Å². The van der Waals surface area contributed by atoms with Gasteiger partial charge < -0.3 is 10.6 Å². The average Bonchev–Trinajstić information content (AvgIpc) is 2.79. The zero-order chi connectivity index (χ0) is 14.3. The highest BCUT2D eigenvalue weighted by atomic mass is 35.5. The first-order chi connectivity index (χ1) is 8.74. The summed E-state index contributed by atoms with van der Waals surface area (Å²) < 4.78 is -1.01. The van der Waals surface area contributed by atoms with Gasteiger partial charge in [-0.1, -0.05) is 17.7 Å². The Balaban J connectivity index is 1.94. The summed E-state index contributed by atoms with van der Waals surface area (Å²) in [5.41, 5.74) is -0.0994. The summed E-state index contributed by atoms with van der Waals surface area (Å²) in [5.74, 6) is -0.294. The molecule has 0 aliphatic heterocycles. The molecule has 1 unspecified atom stereocenters. The van der Waals surface area contributed by atoms with E-state index in [2.05, 4.69) is 10.6 Å². The first kappa shape index (κ1) is 14.9. The van der Waals surface area contributed by atoms with Crippen LogP contribution in [0.2, 0.25) is 5.02 Å². The molecule has 0 radical (unpaired) electrons. The molecule has 2 rings (SSSR count). The summed E-state index contributed by atoms with van der Waals surface area (Å²) in [7, 11) is 0. The molecule has 7 heteroatoms. The van der Waals surface area contributed by atoms with Gasteiger partial charge in [0, 0.05) is 10.7 Å². The van der Waals surface area contributed by atoms with Crippen molar-refractivity contribution < 1.29 is 4.79 Å². The summed E-state index contributed by atoms with van der Waals surface area (Å²) in [5, 5.41) is 6.21. The van der Waals surface area contributed by atoms with Crippen LogP contribution in [0.3, 0.4) is 0 Å².